The van der Waals surface area contributed by atoms with E-state index in [1.165, 1.54) is 0 Å². The lowest BCUT2D eigenvalue weighted by Gasteiger charge is -2.09. The van der Waals surface area contributed by atoms with E-state index in [0.717, 1.165) is 26.2 Å². The fourth-order valence-electron chi connectivity index (χ4n) is 1.96. The van der Waals surface area contributed by atoms with E-state index in [1.807, 2.05) is 48.7 Å². The van der Waals surface area contributed by atoms with Crippen molar-refractivity contribution in [1.29, 1.82) is 0 Å². The van der Waals surface area contributed by atoms with Crippen molar-refractivity contribution in [3.63, 3.8) is 0 Å². The highest BCUT2D eigenvalue weighted by Crippen LogP contribution is 2.26. The lowest BCUT2D eigenvalue weighted by Crippen LogP contribution is -2.05. The van der Waals surface area contributed by atoms with Crippen LogP contribution in [-0.4, -0.2) is 19.1 Å². The highest BCUT2D eigenvalue weighted by atomic mass is 79.9. The quantitative estimate of drug-likeness (QED) is 0.582. The Labute approximate surface area is 131 Å². The van der Waals surface area contributed by atoms with Gasteiger partial charge < -0.3 is 4.74 Å². The van der Waals surface area contributed by atoms with Crippen molar-refractivity contribution < 1.29 is 9.53 Å². The number of benzene rings is 2. The third-order valence-electron chi connectivity index (χ3n) is 3.01. The van der Waals surface area contributed by atoms with Crippen molar-refractivity contribution in [2.75, 3.05) is 13.4 Å². The number of halogens is 1. The summed E-state index contributed by atoms with van der Waals surface area (Å²) in [5.74, 6) is 0.873. The number of ketones is 1. The molecule has 0 radical (unpaired) electrons. The molecule has 0 heterocycles. The van der Waals surface area contributed by atoms with Gasteiger partial charge in [0, 0.05) is 21.4 Å². The van der Waals surface area contributed by atoms with Crippen LogP contribution in [-0.2, 0) is 6.42 Å². The minimum atomic E-state index is 0.115. The molecule has 2 nitrogen and oxygen atoms in total. The van der Waals surface area contributed by atoms with Crippen LogP contribution in [0.15, 0.2) is 51.8 Å². The summed E-state index contributed by atoms with van der Waals surface area (Å²) in [7, 11) is 1.62. The molecule has 0 saturated heterocycles. The lowest BCUT2D eigenvalue weighted by molar-refractivity contribution is 0.0990. The highest BCUT2D eigenvalue weighted by molar-refractivity contribution is 9.10. The van der Waals surface area contributed by atoms with Crippen molar-refractivity contribution in [1.82, 2.24) is 0 Å². The van der Waals surface area contributed by atoms with Gasteiger partial charge in [0.05, 0.1) is 7.11 Å². The summed E-state index contributed by atoms with van der Waals surface area (Å²) in [6, 6.07) is 13.4. The van der Waals surface area contributed by atoms with Gasteiger partial charge in [-0.15, -0.1) is 11.8 Å². The molecule has 4 heteroatoms. The van der Waals surface area contributed by atoms with Gasteiger partial charge in [-0.05, 0) is 36.1 Å². The van der Waals surface area contributed by atoms with Crippen LogP contribution in [0.5, 0.6) is 5.75 Å². The molecular formula is C16H15BrO2S. The van der Waals surface area contributed by atoms with Gasteiger partial charge in [0.1, 0.15) is 5.75 Å². The van der Waals surface area contributed by atoms with Crippen LogP contribution in [0, 0.1) is 0 Å². The molecule has 0 saturated carbocycles. The average molecular weight is 351 g/mol. The summed E-state index contributed by atoms with van der Waals surface area (Å²) in [6.07, 6.45) is 2.34. The molecule has 0 aromatic heterocycles. The number of ether oxygens (including phenoxy) is 1. The zero-order valence-corrected chi connectivity index (χ0v) is 13.8. The third-order valence-corrected chi connectivity index (χ3v) is 4.58. The molecule has 0 N–H and O–H groups in total. The molecule has 0 fully saturated rings. The number of hydrogen-bond acceptors (Lipinski definition) is 3. The smallest absolute Gasteiger partial charge is 0.168 e. The molecule has 0 aliphatic rings. The Balaban J connectivity index is 2.27. The topological polar surface area (TPSA) is 26.3 Å². The van der Waals surface area contributed by atoms with Crippen LogP contribution < -0.4 is 4.74 Å². The van der Waals surface area contributed by atoms with Crippen LogP contribution in [0.1, 0.15) is 15.9 Å². The first-order chi connectivity index (χ1) is 9.65. The first-order valence-electron chi connectivity index (χ1n) is 6.14. The maximum atomic E-state index is 12.5. The van der Waals surface area contributed by atoms with E-state index in [9.17, 15) is 4.79 Å². The second-order valence-corrected chi connectivity index (χ2v) is 5.96. The normalized spacial score (nSPS) is 10.3. The zero-order chi connectivity index (χ0) is 14.5. The van der Waals surface area contributed by atoms with Crippen molar-refractivity contribution in [3.05, 3.63) is 58.1 Å². The molecule has 0 atom stereocenters. The van der Waals surface area contributed by atoms with Crippen LogP contribution in [0.2, 0.25) is 0 Å². The molecule has 2 rings (SSSR count). The largest absolute Gasteiger partial charge is 0.497 e. The number of rotatable bonds is 5. The van der Waals surface area contributed by atoms with E-state index in [0.29, 0.717) is 6.42 Å². The molecule has 0 amide bonds. The monoisotopic (exact) mass is 350 g/mol. The summed E-state index contributed by atoms with van der Waals surface area (Å²) < 4.78 is 6.13. The van der Waals surface area contributed by atoms with Gasteiger partial charge in [0.2, 0.25) is 0 Å². The standard InChI is InChI=1S/C16H15BrO2S/c1-19-12-7-8-14(17)11(9-12)10-15(18)13-5-3-4-6-16(13)20-2/h3-9H,10H2,1-2H3. The maximum absolute atomic E-state index is 12.5. The van der Waals surface area contributed by atoms with E-state index in [-0.39, 0.29) is 5.78 Å². The summed E-state index contributed by atoms with van der Waals surface area (Å²) >= 11 is 5.07. The Kier molecular flexibility index (Phi) is 5.26. The van der Waals surface area contributed by atoms with Gasteiger partial charge >= 0.3 is 0 Å². The predicted octanol–water partition coefficient (Wildman–Crippen LogP) is 4.61. The third kappa shape index (κ3) is 3.44. The fourth-order valence-corrected chi connectivity index (χ4v) is 2.96. The van der Waals surface area contributed by atoms with Gasteiger partial charge in [0.15, 0.2) is 5.78 Å². The van der Waals surface area contributed by atoms with Crippen molar-refractivity contribution in [2.24, 2.45) is 0 Å². The number of Topliss-reactive ketones (excluding diaryl/α,β-unsaturated/α-hetero) is 1. The lowest BCUT2D eigenvalue weighted by atomic mass is 10.0. The Bertz CT molecular complexity index is 626. The Morgan fingerprint density at radius 2 is 2.00 bits per heavy atom. The fraction of sp³-hybridized carbons (Fsp3) is 0.188. The number of methoxy groups -OCH3 is 1. The van der Waals surface area contributed by atoms with Crippen molar-refractivity contribution >= 4 is 33.5 Å². The van der Waals surface area contributed by atoms with Crippen LogP contribution in [0.25, 0.3) is 0 Å². The van der Waals surface area contributed by atoms with Crippen LogP contribution in [0.3, 0.4) is 0 Å². The Hall–Kier alpha value is -1.26. The van der Waals surface area contributed by atoms with Crippen LogP contribution in [0.4, 0.5) is 0 Å². The SMILES string of the molecule is COc1ccc(Br)c(CC(=O)c2ccccc2SC)c1. The van der Waals surface area contributed by atoms with Gasteiger partial charge in [-0.2, -0.15) is 0 Å². The van der Waals surface area contributed by atoms with E-state index in [1.54, 1.807) is 18.9 Å². The zero-order valence-electron chi connectivity index (χ0n) is 11.4. The highest BCUT2D eigenvalue weighted by Gasteiger charge is 2.13. The van der Waals surface area contributed by atoms with E-state index in [4.69, 9.17) is 4.74 Å². The minimum absolute atomic E-state index is 0.115. The molecule has 0 bridgehead atoms. The van der Waals surface area contributed by atoms with E-state index >= 15 is 0 Å². The first-order valence-corrected chi connectivity index (χ1v) is 8.16. The molecule has 0 aliphatic heterocycles. The number of hydrogen-bond donors (Lipinski definition) is 0. The molecule has 2 aromatic rings. The summed E-state index contributed by atoms with van der Waals surface area (Å²) in [4.78, 5) is 13.5. The van der Waals surface area contributed by atoms with Gasteiger partial charge in [0.25, 0.3) is 0 Å². The second-order valence-electron chi connectivity index (χ2n) is 4.26. The molecule has 20 heavy (non-hydrogen) atoms. The Morgan fingerprint density at radius 3 is 2.70 bits per heavy atom. The Morgan fingerprint density at radius 1 is 1.25 bits per heavy atom. The number of carbonyl (C=O) groups is 1. The number of thioether (sulfide) groups is 1. The van der Waals surface area contributed by atoms with Gasteiger partial charge in [-0.3, -0.25) is 4.79 Å². The average Bonchev–Trinajstić information content (AvgIpc) is 2.49. The van der Waals surface area contributed by atoms with Gasteiger partial charge in [-0.25, -0.2) is 0 Å². The molecule has 104 valence electrons. The van der Waals surface area contributed by atoms with Crippen molar-refractivity contribution in [3.8, 4) is 5.75 Å². The van der Waals surface area contributed by atoms with Crippen molar-refractivity contribution in [2.45, 2.75) is 11.3 Å². The number of carbonyl (C=O) groups excluding carboxylic acids is 1. The summed E-state index contributed by atoms with van der Waals surface area (Å²) in [6.45, 7) is 0. The van der Waals surface area contributed by atoms with Crippen LogP contribution >= 0.6 is 27.7 Å². The first kappa shape index (κ1) is 15.1. The van der Waals surface area contributed by atoms with E-state index in [2.05, 4.69) is 15.9 Å². The molecule has 0 aliphatic carbocycles. The second kappa shape index (κ2) is 6.95. The predicted molar refractivity (Wildman–Crippen MR) is 87.0 cm³/mol. The molecular weight excluding hydrogens is 336 g/mol. The summed E-state index contributed by atoms with van der Waals surface area (Å²) in [5, 5.41) is 0. The van der Waals surface area contributed by atoms with Gasteiger partial charge in [-0.1, -0.05) is 34.1 Å². The van der Waals surface area contributed by atoms with E-state index < -0.39 is 0 Å². The molecule has 0 spiro atoms. The molecule has 2 aromatic carbocycles. The molecule has 0 unspecified atom stereocenters. The summed E-state index contributed by atoms with van der Waals surface area (Å²) in [5.41, 5.74) is 1.71. The minimum Gasteiger partial charge on any atom is -0.497 e. The maximum Gasteiger partial charge on any atom is 0.168 e.